The van der Waals surface area contributed by atoms with Crippen molar-refractivity contribution in [3.05, 3.63) is 33.7 Å². The maximum atomic E-state index is 11.4. The smallest absolute Gasteiger partial charge is 0.337 e. The zero-order valence-electron chi connectivity index (χ0n) is 7.69. The fraction of sp³-hybridized carbons (Fsp3) is 0.400. The van der Waals surface area contributed by atoms with E-state index in [0.29, 0.717) is 18.7 Å². The minimum Gasteiger partial charge on any atom is -0.478 e. The number of nitrogens with zero attached hydrogens (tertiary/aromatic N) is 1. The van der Waals surface area contributed by atoms with Crippen LogP contribution in [0.2, 0.25) is 0 Å². The van der Waals surface area contributed by atoms with Gasteiger partial charge in [-0.3, -0.25) is 4.79 Å². The van der Waals surface area contributed by atoms with Crippen molar-refractivity contribution in [3.8, 4) is 0 Å². The van der Waals surface area contributed by atoms with E-state index in [2.05, 4.69) is 0 Å². The van der Waals surface area contributed by atoms with Crippen LogP contribution >= 0.6 is 0 Å². The number of hydrogen-bond donors (Lipinski definition) is 1. The highest BCUT2D eigenvalue weighted by atomic mass is 16.4. The molecule has 0 atom stereocenters. The second-order valence-corrected chi connectivity index (χ2v) is 3.45. The van der Waals surface area contributed by atoms with Crippen LogP contribution in [-0.2, 0) is 13.0 Å². The summed E-state index contributed by atoms with van der Waals surface area (Å²) in [7, 11) is 0. The summed E-state index contributed by atoms with van der Waals surface area (Å²) in [5, 5.41) is 8.92. The van der Waals surface area contributed by atoms with Crippen LogP contribution in [-0.4, -0.2) is 15.6 Å². The van der Waals surface area contributed by atoms with Crippen molar-refractivity contribution >= 4 is 5.97 Å². The number of pyridine rings is 1. The Labute approximate surface area is 80.8 Å². The van der Waals surface area contributed by atoms with Gasteiger partial charge in [-0.05, 0) is 25.3 Å². The first-order valence-electron chi connectivity index (χ1n) is 4.66. The van der Waals surface area contributed by atoms with Crippen LogP contribution in [0.5, 0.6) is 0 Å². The molecule has 14 heavy (non-hydrogen) atoms. The fourth-order valence-electron chi connectivity index (χ4n) is 1.89. The summed E-state index contributed by atoms with van der Waals surface area (Å²) in [6, 6.07) is 2.74. The number of fused-ring (bicyclic) bond motifs is 1. The van der Waals surface area contributed by atoms with Crippen molar-refractivity contribution in [2.45, 2.75) is 25.8 Å². The van der Waals surface area contributed by atoms with Crippen molar-refractivity contribution < 1.29 is 9.90 Å². The standard InChI is InChI=1S/C10H11NO3/c12-9-5-4-7(10(13)14)8-3-1-2-6-11(8)9/h4-5H,1-3,6H2,(H,13,14). The van der Waals surface area contributed by atoms with Gasteiger partial charge in [0.05, 0.1) is 5.56 Å². The molecule has 1 aliphatic rings. The molecular formula is C10H11NO3. The molecular weight excluding hydrogens is 182 g/mol. The lowest BCUT2D eigenvalue weighted by Gasteiger charge is -2.19. The van der Waals surface area contributed by atoms with E-state index in [1.807, 2.05) is 0 Å². The number of carboxylic acid groups (broad SMARTS) is 1. The van der Waals surface area contributed by atoms with E-state index >= 15 is 0 Å². The van der Waals surface area contributed by atoms with Crippen molar-refractivity contribution in [2.24, 2.45) is 0 Å². The SMILES string of the molecule is O=C(O)c1ccc(=O)n2c1CCCC2. The van der Waals surface area contributed by atoms with E-state index in [1.54, 1.807) is 4.57 Å². The normalized spacial score (nSPS) is 14.9. The summed E-state index contributed by atoms with van der Waals surface area (Å²) in [6.45, 7) is 0.648. The molecule has 0 spiro atoms. The third-order valence-electron chi connectivity index (χ3n) is 2.57. The predicted molar refractivity (Wildman–Crippen MR) is 50.6 cm³/mol. The van der Waals surface area contributed by atoms with Gasteiger partial charge in [0.2, 0.25) is 0 Å². The molecule has 0 aromatic carbocycles. The van der Waals surface area contributed by atoms with Gasteiger partial charge in [0, 0.05) is 18.3 Å². The molecule has 4 heteroatoms. The van der Waals surface area contributed by atoms with Gasteiger partial charge in [-0.1, -0.05) is 0 Å². The lowest BCUT2D eigenvalue weighted by molar-refractivity contribution is 0.0694. The quantitative estimate of drug-likeness (QED) is 0.720. The van der Waals surface area contributed by atoms with Gasteiger partial charge in [-0.2, -0.15) is 0 Å². The van der Waals surface area contributed by atoms with E-state index < -0.39 is 5.97 Å². The Hall–Kier alpha value is -1.58. The van der Waals surface area contributed by atoms with Crippen molar-refractivity contribution in [1.82, 2.24) is 4.57 Å². The molecule has 0 aliphatic carbocycles. The number of carboxylic acids is 1. The van der Waals surface area contributed by atoms with Crippen LogP contribution < -0.4 is 5.56 Å². The minimum atomic E-state index is -0.948. The molecule has 0 saturated carbocycles. The molecule has 0 unspecified atom stereocenters. The minimum absolute atomic E-state index is 0.0929. The second-order valence-electron chi connectivity index (χ2n) is 3.45. The molecule has 1 aromatic rings. The molecule has 1 aliphatic heterocycles. The third kappa shape index (κ3) is 1.32. The average Bonchev–Trinajstić information content (AvgIpc) is 2.18. The second kappa shape index (κ2) is 3.29. The Morgan fingerprint density at radius 2 is 2.14 bits per heavy atom. The molecule has 1 N–H and O–H groups in total. The highest BCUT2D eigenvalue weighted by Gasteiger charge is 2.17. The van der Waals surface area contributed by atoms with Gasteiger partial charge < -0.3 is 9.67 Å². The van der Waals surface area contributed by atoms with Gasteiger partial charge in [-0.25, -0.2) is 4.79 Å². The van der Waals surface area contributed by atoms with Gasteiger partial charge in [0.15, 0.2) is 0 Å². The van der Waals surface area contributed by atoms with Crippen molar-refractivity contribution in [2.75, 3.05) is 0 Å². The van der Waals surface area contributed by atoms with Crippen LogP contribution in [0.3, 0.4) is 0 Å². The molecule has 0 amide bonds. The summed E-state index contributed by atoms with van der Waals surface area (Å²) < 4.78 is 1.58. The maximum Gasteiger partial charge on any atom is 0.337 e. The van der Waals surface area contributed by atoms with Gasteiger partial charge in [0.25, 0.3) is 5.56 Å². The Kier molecular flexibility index (Phi) is 2.11. The van der Waals surface area contributed by atoms with E-state index in [9.17, 15) is 9.59 Å². The number of hydrogen-bond acceptors (Lipinski definition) is 2. The van der Waals surface area contributed by atoms with Crippen LogP contribution in [0.4, 0.5) is 0 Å². The molecule has 4 nitrogen and oxygen atoms in total. The summed E-state index contributed by atoms with van der Waals surface area (Å²) in [6.07, 6.45) is 2.61. The zero-order valence-corrected chi connectivity index (χ0v) is 7.69. The largest absolute Gasteiger partial charge is 0.478 e. The van der Waals surface area contributed by atoms with Crippen LogP contribution in [0, 0.1) is 0 Å². The summed E-state index contributed by atoms with van der Waals surface area (Å²) >= 11 is 0. The fourth-order valence-corrected chi connectivity index (χ4v) is 1.89. The summed E-state index contributed by atoms with van der Waals surface area (Å²) in [4.78, 5) is 22.3. The topological polar surface area (TPSA) is 59.3 Å². The highest BCUT2D eigenvalue weighted by molar-refractivity contribution is 5.88. The van der Waals surface area contributed by atoms with Gasteiger partial charge in [-0.15, -0.1) is 0 Å². The van der Waals surface area contributed by atoms with Crippen LogP contribution in [0.1, 0.15) is 28.9 Å². The molecule has 2 heterocycles. The number of aromatic nitrogens is 1. The van der Waals surface area contributed by atoms with Gasteiger partial charge >= 0.3 is 5.97 Å². The summed E-state index contributed by atoms with van der Waals surface area (Å²) in [5.41, 5.74) is 0.852. The molecule has 0 saturated heterocycles. The van der Waals surface area contributed by atoms with Crippen LogP contribution in [0.15, 0.2) is 16.9 Å². The molecule has 1 aromatic heterocycles. The number of aromatic carboxylic acids is 1. The van der Waals surface area contributed by atoms with E-state index in [-0.39, 0.29) is 11.1 Å². The Balaban J connectivity index is 2.65. The average molecular weight is 193 g/mol. The predicted octanol–water partition coefficient (Wildman–Crippen LogP) is 0.883. The number of carbonyl (C=O) groups is 1. The summed E-state index contributed by atoms with van der Waals surface area (Å²) in [5.74, 6) is -0.948. The third-order valence-corrected chi connectivity index (χ3v) is 2.57. The van der Waals surface area contributed by atoms with Crippen molar-refractivity contribution in [1.29, 1.82) is 0 Å². The zero-order chi connectivity index (χ0) is 10.1. The highest BCUT2D eigenvalue weighted by Crippen LogP contribution is 2.16. The van der Waals surface area contributed by atoms with Gasteiger partial charge in [0.1, 0.15) is 0 Å². The first kappa shape index (κ1) is 8.99. The molecule has 0 fully saturated rings. The molecule has 0 radical (unpaired) electrons. The molecule has 74 valence electrons. The first-order chi connectivity index (χ1) is 6.70. The van der Waals surface area contributed by atoms with E-state index in [0.717, 1.165) is 12.8 Å². The van der Waals surface area contributed by atoms with E-state index in [4.69, 9.17) is 5.11 Å². The molecule has 0 bridgehead atoms. The first-order valence-corrected chi connectivity index (χ1v) is 4.66. The lowest BCUT2D eigenvalue weighted by atomic mass is 10.0. The van der Waals surface area contributed by atoms with Crippen LogP contribution in [0.25, 0.3) is 0 Å². The van der Waals surface area contributed by atoms with E-state index in [1.165, 1.54) is 12.1 Å². The Bertz CT molecular complexity index is 433. The Morgan fingerprint density at radius 3 is 2.86 bits per heavy atom. The maximum absolute atomic E-state index is 11.4. The molecule has 2 rings (SSSR count). The number of rotatable bonds is 1. The van der Waals surface area contributed by atoms with Crippen molar-refractivity contribution in [3.63, 3.8) is 0 Å². The Morgan fingerprint density at radius 1 is 1.36 bits per heavy atom. The monoisotopic (exact) mass is 193 g/mol. The lowest BCUT2D eigenvalue weighted by Crippen LogP contribution is -2.28.